The SMILES string of the molecule is CCC/C(C(=N)[C@H]1CCCC2=C1C(C#N)C(N)S2)=C(/O)c1ccnc(OC[C@@H](C)CCCNC)n1. The van der Waals surface area contributed by atoms with Crippen LogP contribution in [-0.2, 0) is 0 Å². The number of nitrogens with two attached hydrogens (primary N) is 1. The fourth-order valence-corrected chi connectivity index (χ4v) is 6.13. The summed E-state index contributed by atoms with van der Waals surface area (Å²) in [4.78, 5) is 9.81. The molecule has 0 saturated heterocycles. The molecule has 1 aliphatic carbocycles. The molecule has 2 aliphatic rings. The van der Waals surface area contributed by atoms with Crippen molar-refractivity contribution in [2.75, 3.05) is 20.2 Å². The molecule has 0 bridgehead atoms. The molecule has 0 aromatic carbocycles. The molecular weight excluding hydrogens is 460 g/mol. The molecule has 8 nitrogen and oxygen atoms in total. The highest BCUT2D eigenvalue weighted by atomic mass is 32.2. The Morgan fingerprint density at radius 2 is 2.29 bits per heavy atom. The highest BCUT2D eigenvalue weighted by molar-refractivity contribution is 8.03. The van der Waals surface area contributed by atoms with E-state index in [2.05, 4.69) is 28.3 Å². The van der Waals surface area contributed by atoms with Crippen LogP contribution in [-0.4, -0.2) is 46.4 Å². The number of hydrogen-bond donors (Lipinski definition) is 4. The number of ether oxygens (including phenoxy) is 1. The van der Waals surface area contributed by atoms with E-state index in [1.165, 1.54) is 0 Å². The first-order valence-electron chi connectivity index (χ1n) is 12.6. The van der Waals surface area contributed by atoms with Crippen LogP contribution in [0, 0.1) is 34.5 Å². The molecule has 0 radical (unpaired) electrons. The molecule has 5 N–H and O–H groups in total. The molecule has 0 spiro atoms. The summed E-state index contributed by atoms with van der Waals surface area (Å²) in [7, 11) is 1.95. The van der Waals surface area contributed by atoms with E-state index in [0.29, 0.717) is 35.9 Å². The summed E-state index contributed by atoms with van der Waals surface area (Å²) >= 11 is 1.57. The third-order valence-electron chi connectivity index (χ3n) is 6.63. The minimum Gasteiger partial charge on any atom is -0.505 e. The van der Waals surface area contributed by atoms with Crippen LogP contribution in [0.3, 0.4) is 0 Å². The van der Waals surface area contributed by atoms with Crippen LogP contribution in [0.2, 0.25) is 0 Å². The predicted molar refractivity (Wildman–Crippen MR) is 141 cm³/mol. The molecule has 4 atom stereocenters. The summed E-state index contributed by atoms with van der Waals surface area (Å²) in [5, 5.41) is 32.9. The number of nitrogens with one attached hydrogen (secondary N) is 2. The first-order chi connectivity index (χ1) is 16.9. The Balaban J connectivity index is 1.82. The zero-order chi connectivity index (χ0) is 25.4. The summed E-state index contributed by atoms with van der Waals surface area (Å²) < 4.78 is 5.81. The Bertz CT molecular complexity index is 1000. The molecule has 0 fully saturated rings. The predicted octanol–water partition coefficient (Wildman–Crippen LogP) is 4.81. The minimum atomic E-state index is -0.389. The van der Waals surface area contributed by atoms with Gasteiger partial charge < -0.3 is 26.3 Å². The van der Waals surface area contributed by atoms with Gasteiger partial charge in [-0.2, -0.15) is 10.2 Å². The van der Waals surface area contributed by atoms with E-state index in [1.54, 1.807) is 24.0 Å². The van der Waals surface area contributed by atoms with Gasteiger partial charge in [-0.25, -0.2) is 4.98 Å². The second-order valence-electron chi connectivity index (χ2n) is 9.39. The van der Waals surface area contributed by atoms with Crippen molar-refractivity contribution in [2.24, 2.45) is 23.5 Å². The number of hydrogen-bond acceptors (Lipinski definition) is 9. The van der Waals surface area contributed by atoms with Crippen molar-refractivity contribution < 1.29 is 9.84 Å². The summed E-state index contributed by atoms with van der Waals surface area (Å²) in [6.07, 6.45) is 7.64. The van der Waals surface area contributed by atoms with Gasteiger partial charge in [-0.15, -0.1) is 11.8 Å². The first-order valence-corrected chi connectivity index (χ1v) is 13.5. The summed E-state index contributed by atoms with van der Waals surface area (Å²) in [5.74, 6) is -0.243. The Labute approximate surface area is 213 Å². The van der Waals surface area contributed by atoms with Crippen LogP contribution < -0.4 is 15.8 Å². The van der Waals surface area contributed by atoms with Crippen molar-refractivity contribution in [1.82, 2.24) is 15.3 Å². The minimum absolute atomic E-state index is 0.0117. The lowest BCUT2D eigenvalue weighted by Crippen LogP contribution is -2.29. The number of aliphatic hydroxyl groups excluding tert-OH is 1. The van der Waals surface area contributed by atoms with Crippen molar-refractivity contribution in [2.45, 2.75) is 64.2 Å². The number of allylic oxidation sites excluding steroid dienone is 2. The van der Waals surface area contributed by atoms with Gasteiger partial charge in [0.2, 0.25) is 0 Å². The molecule has 0 amide bonds. The highest BCUT2D eigenvalue weighted by Crippen LogP contribution is 2.50. The average Bonchev–Trinajstić information content (AvgIpc) is 3.20. The first kappa shape index (κ1) is 27.2. The van der Waals surface area contributed by atoms with E-state index in [4.69, 9.17) is 15.9 Å². The molecule has 1 aromatic rings. The lowest BCUT2D eigenvalue weighted by Gasteiger charge is -2.28. The van der Waals surface area contributed by atoms with Crippen LogP contribution in [0.25, 0.3) is 5.76 Å². The molecule has 1 aliphatic heterocycles. The number of aliphatic hydroxyl groups is 1. The fourth-order valence-electron chi connectivity index (χ4n) is 4.80. The van der Waals surface area contributed by atoms with E-state index in [0.717, 1.165) is 55.5 Å². The van der Waals surface area contributed by atoms with Gasteiger partial charge >= 0.3 is 6.01 Å². The zero-order valence-corrected chi connectivity index (χ0v) is 21.8. The molecule has 35 heavy (non-hydrogen) atoms. The lowest BCUT2D eigenvalue weighted by atomic mass is 9.75. The fraction of sp³-hybridized carbons (Fsp3) is 0.615. The normalized spacial score (nSPS) is 23.3. The third-order valence-corrected chi connectivity index (χ3v) is 7.90. The van der Waals surface area contributed by atoms with E-state index in [1.807, 2.05) is 14.0 Å². The summed E-state index contributed by atoms with van der Waals surface area (Å²) in [6.45, 7) is 5.63. The van der Waals surface area contributed by atoms with Gasteiger partial charge in [-0.05, 0) is 74.6 Å². The summed E-state index contributed by atoms with van der Waals surface area (Å²) in [6, 6.07) is 4.23. The Kier molecular flexibility index (Phi) is 10.1. The van der Waals surface area contributed by atoms with Crippen molar-refractivity contribution in [1.29, 1.82) is 10.7 Å². The highest BCUT2D eigenvalue weighted by Gasteiger charge is 2.41. The smallest absolute Gasteiger partial charge is 0.317 e. The monoisotopic (exact) mass is 498 g/mol. The van der Waals surface area contributed by atoms with Gasteiger partial charge in [0.05, 0.1) is 24.0 Å². The Morgan fingerprint density at radius 3 is 3.00 bits per heavy atom. The van der Waals surface area contributed by atoms with Crippen LogP contribution >= 0.6 is 11.8 Å². The quantitative estimate of drug-likeness (QED) is 0.183. The second kappa shape index (κ2) is 13.1. The van der Waals surface area contributed by atoms with Crippen molar-refractivity contribution in [3.63, 3.8) is 0 Å². The van der Waals surface area contributed by atoms with E-state index < -0.39 is 0 Å². The van der Waals surface area contributed by atoms with Crippen LogP contribution in [0.1, 0.15) is 64.5 Å². The largest absolute Gasteiger partial charge is 0.505 e. The zero-order valence-electron chi connectivity index (χ0n) is 21.0. The van der Waals surface area contributed by atoms with Crippen molar-refractivity contribution in [3.8, 4) is 12.1 Å². The maximum atomic E-state index is 11.2. The third kappa shape index (κ3) is 6.63. The summed E-state index contributed by atoms with van der Waals surface area (Å²) in [5.41, 5.74) is 8.50. The van der Waals surface area contributed by atoms with Gasteiger partial charge in [0, 0.05) is 23.4 Å². The van der Waals surface area contributed by atoms with Gasteiger partial charge in [-0.1, -0.05) is 20.3 Å². The topological polar surface area (TPSA) is 141 Å². The Hall–Kier alpha value is -2.41. The van der Waals surface area contributed by atoms with Crippen LogP contribution in [0.4, 0.5) is 0 Å². The number of nitrogens with zero attached hydrogens (tertiary/aromatic N) is 3. The number of rotatable bonds is 12. The molecule has 190 valence electrons. The second-order valence-corrected chi connectivity index (χ2v) is 10.7. The van der Waals surface area contributed by atoms with E-state index in [9.17, 15) is 10.4 Å². The number of aromatic nitrogens is 2. The van der Waals surface area contributed by atoms with Gasteiger partial charge in [0.25, 0.3) is 0 Å². The van der Waals surface area contributed by atoms with Gasteiger partial charge in [0.15, 0.2) is 0 Å². The standard InChI is InChI=1S/C26H38N6O2S/c1-4-7-18(23(28)17-9-5-10-21-22(17)19(14-27)25(29)35-21)24(33)20-11-13-31-26(32-20)34-15-16(2)8-6-12-30-3/h11,13,16-17,19,25,28,30,33H,4-10,12,15,29H2,1-3H3/b24-18-,28-23?/t16-,17-,19?,25?/m0/s1. The molecule has 0 saturated carbocycles. The molecule has 9 heteroatoms. The molecule has 2 unspecified atom stereocenters. The number of thioether (sulfide) groups is 1. The Morgan fingerprint density at radius 1 is 1.49 bits per heavy atom. The van der Waals surface area contributed by atoms with Crippen molar-refractivity contribution >= 4 is 23.2 Å². The molecular formula is C26H38N6O2S. The maximum Gasteiger partial charge on any atom is 0.317 e. The number of nitriles is 1. The van der Waals surface area contributed by atoms with Gasteiger partial charge in [-0.3, -0.25) is 0 Å². The molecule has 3 rings (SSSR count). The lowest BCUT2D eigenvalue weighted by molar-refractivity contribution is 0.232. The molecule has 1 aromatic heterocycles. The van der Waals surface area contributed by atoms with Crippen LogP contribution in [0.15, 0.2) is 28.3 Å². The van der Waals surface area contributed by atoms with E-state index >= 15 is 0 Å². The van der Waals surface area contributed by atoms with E-state index in [-0.39, 0.29) is 29.0 Å². The van der Waals surface area contributed by atoms with Crippen molar-refractivity contribution in [3.05, 3.63) is 34.0 Å². The van der Waals surface area contributed by atoms with Gasteiger partial charge in [0.1, 0.15) is 11.5 Å². The average molecular weight is 499 g/mol. The van der Waals surface area contributed by atoms with Crippen LogP contribution in [0.5, 0.6) is 6.01 Å². The maximum absolute atomic E-state index is 11.2. The molecule has 2 heterocycles.